The maximum atomic E-state index is 10.1. The SMILES string of the molecule is Cc1ccc2sc(CN=O)cc2c1. The van der Waals surface area contributed by atoms with E-state index in [1.165, 1.54) is 15.6 Å². The molecule has 0 saturated carbocycles. The lowest BCUT2D eigenvalue weighted by molar-refractivity contribution is 1.09. The molecular weight excluding hydrogens is 182 g/mol. The van der Waals surface area contributed by atoms with Gasteiger partial charge in [0.05, 0.1) is 0 Å². The summed E-state index contributed by atoms with van der Waals surface area (Å²) in [6.45, 7) is 2.35. The molecule has 0 spiro atoms. The van der Waals surface area contributed by atoms with Gasteiger partial charge in [-0.1, -0.05) is 22.9 Å². The van der Waals surface area contributed by atoms with E-state index in [2.05, 4.69) is 30.3 Å². The lowest BCUT2D eigenvalue weighted by atomic mass is 10.2. The Morgan fingerprint density at radius 3 is 3.00 bits per heavy atom. The number of hydrogen-bond acceptors (Lipinski definition) is 3. The van der Waals surface area contributed by atoms with Crippen molar-refractivity contribution in [2.24, 2.45) is 5.18 Å². The zero-order valence-electron chi connectivity index (χ0n) is 7.28. The Bertz CT molecular complexity index is 447. The normalized spacial score (nSPS) is 10.5. The Morgan fingerprint density at radius 1 is 1.38 bits per heavy atom. The van der Waals surface area contributed by atoms with E-state index in [1.807, 2.05) is 6.07 Å². The van der Waals surface area contributed by atoms with Crippen LogP contribution in [0.5, 0.6) is 0 Å². The van der Waals surface area contributed by atoms with Gasteiger partial charge in [-0.15, -0.1) is 11.3 Å². The number of nitroso groups, excluding NO2 is 1. The highest BCUT2D eigenvalue weighted by Gasteiger charge is 2.01. The van der Waals surface area contributed by atoms with Gasteiger partial charge in [-0.2, -0.15) is 4.91 Å². The van der Waals surface area contributed by atoms with Crippen LogP contribution in [0.1, 0.15) is 10.4 Å². The monoisotopic (exact) mass is 191 g/mol. The fraction of sp³-hybridized carbons (Fsp3) is 0.200. The average Bonchev–Trinajstić information content (AvgIpc) is 2.46. The van der Waals surface area contributed by atoms with Crippen LogP contribution in [0, 0.1) is 11.8 Å². The van der Waals surface area contributed by atoms with E-state index < -0.39 is 0 Å². The van der Waals surface area contributed by atoms with Crippen molar-refractivity contribution in [3.8, 4) is 0 Å². The molecule has 3 heteroatoms. The molecule has 1 heterocycles. The van der Waals surface area contributed by atoms with Crippen LogP contribution in [0.2, 0.25) is 0 Å². The van der Waals surface area contributed by atoms with Crippen molar-refractivity contribution in [3.63, 3.8) is 0 Å². The highest BCUT2D eigenvalue weighted by molar-refractivity contribution is 7.19. The highest BCUT2D eigenvalue weighted by atomic mass is 32.1. The maximum absolute atomic E-state index is 10.1. The van der Waals surface area contributed by atoms with Crippen LogP contribution in [-0.4, -0.2) is 0 Å². The molecule has 66 valence electrons. The molecule has 1 aromatic heterocycles. The van der Waals surface area contributed by atoms with Crippen molar-refractivity contribution < 1.29 is 0 Å². The Balaban J connectivity index is 2.55. The molecule has 0 amide bonds. The zero-order chi connectivity index (χ0) is 9.26. The van der Waals surface area contributed by atoms with E-state index in [4.69, 9.17) is 0 Å². The smallest absolute Gasteiger partial charge is 0.115 e. The molecule has 1 aromatic carbocycles. The average molecular weight is 191 g/mol. The second-order valence-electron chi connectivity index (χ2n) is 3.04. The molecule has 0 fully saturated rings. The number of benzene rings is 1. The minimum absolute atomic E-state index is 0.290. The number of rotatable bonds is 2. The molecule has 2 rings (SSSR count). The Labute approximate surface area is 80.2 Å². The van der Waals surface area contributed by atoms with Crippen molar-refractivity contribution in [2.45, 2.75) is 13.5 Å². The second-order valence-corrected chi connectivity index (χ2v) is 4.21. The fourth-order valence-electron chi connectivity index (χ4n) is 1.36. The van der Waals surface area contributed by atoms with Crippen LogP contribution in [0.15, 0.2) is 29.4 Å². The van der Waals surface area contributed by atoms with E-state index in [0.29, 0.717) is 6.54 Å². The van der Waals surface area contributed by atoms with E-state index in [1.54, 1.807) is 11.3 Å². The Hall–Kier alpha value is -1.22. The lowest BCUT2D eigenvalue weighted by Gasteiger charge is -1.89. The van der Waals surface area contributed by atoms with Crippen LogP contribution in [0.25, 0.3) is 10.1 Å². The highest BCUT2D eigenvalue weighted by Crippen LogP contribution is 2.26. The zero-order valence-corrected chi connectivity index (χ0v) is 8.10. The fourth-order valence-corrected chi connectivity index (χ4v) is 2.32. The summed E-state index contributed by atoms with van der Waals surface area (Å²) in [5.41, 5.74) is 1.25. The van der Waals surface area contributed by atoms with Crippen molar-refractivity contribution in [1.82, 2.24) is 0 Å². The third-order valence-electron chi connectivity index (χ3n) is 1.94. The van der Waals surface area contributed by atoms with Gasteiger partial charge < -0.3 is 0 Å². The molecule has 0 atom stereocenters. The predicted molar refractivity (Wildman–Crippen MR) is 56.1 cm³/mol. The van der Waals surface area contributed by atoms with Gasteiger partial charge in [0.1, 0.15) is 6.54 Å². The second kappa shape index (κ2) is 3.26. The molecule has 0 radical (unpaired) electrons. The Kier molecular flexibility index (Phi) is 2.10. The molecule has 2 aromatic rings. The molecule has 0 aliphatic heterocycles. The number of aryl methyl sites for hydroxylation is 1. The van der Waals surface area contributed by atoms with Crippen LogP contribution >= 0.6 is 11.3 Å². The lowest BCUT2D eigenvalue weighted by Crippen LogP contribution is -1.68. The summed E-state index contributed by atoms with van der Waals surface area (Å²) in [4.78, 5) is 11.1. The number of hydrogen-bond donors (Lipinski definition) is 0. The summed E-state index contributed by atoms with van der Waals surface area (Å²) < 4.78 is 1.23. The minimum atomic E-state index is 0.290. The molecule has 0 bridgehead atoms. The molecule has 0 N–H and O–H groups in total. The van der Waals surface area contributed by atoms with Gasteiger partial charge in [0.2, 0.25) is 0 Å². The summed E-state index contributed by atoms with van der Waals surface area (Å²) in [5.74, 6) is 0. The van der Waals surface area contributed by atoms with Crippen molar-refractivity contribution >= 4 is 21.4 Å². The summed E-state index contributed by atoms with van der Waals surface area (Å²) in [6.07, 6.45) is 0. The van der Waals surface area contributed by atoms with E-state index in [9.17, 15) is 4.91 Å². The standard InChI is InChI=1S/C10H9NOS/c1-7-2-3-10-8(4-7)5-9(13-10)6-11-12/h2-5H,6H2,1H3. The van der Waals surface area contributed by atoms with Gasteiger partial charge in [0, 0.05) is 9.58 Å². The maximum Gasteiger partial charge on any atom is 0.115 e. The molecular formula is C10H9NOS. The summed E-state index contributed by atoms with van der Waals surface area (Å²) in [5, 5.41) is 4.10. The summed E-state index contributed by atoms with van der Waals surface area (Å²) >= 11 is 1.64. The first-order valence-corrected chi connectivity index (χ1v) is 4.89. The van der Waals surface area contributed by atoms with Crippen molar-refractivity contribution in [1.29, 1.82) is 0 Å². The largest absolute Gasteiger partial charge is 0.150 e. The number of nitrogens with zero attached hydrogens (tertiary/aromatic N) is 1. The summed E-state index contributed by atoms with van der Waals surface area (Å²) in [6, 6.07) is 8.33. The van der Waals surface area contributed by atoms with E-state index in [-0.39, 0.29) is 0 Å². The number of thiophene rings is 1. The van der Waals surface area contributed by atoms with Crippen LogP contribution in [0.3, 0.4) is 0 Å². The first kappa shape index (κ1) is 8.38. The minimum Gasteiger partial charge on any atom is -0.150 e. The van der Waals surface area contributed by atoms with Gasteiger partial charge in [-0.05, 0) is 24.4 Å². The first-order chi connectivity index (χ1) is 6.29. The van der Waals surface area contributed by atoms with Gasteiger partial charge in [0.25, 0.3) is 0 Å². The van der Waals surface area contributed by atoms with Gasteiger partial charge in [-0.3, -0.25) is 0 Å². The third-order valence-corrected chi connectivity index (χ3v) is 3.04. The quantitative estimate of drug-likeness (QED) is 0.668. The molecule has 13 heavy (non-hydrogen) atoms. The van der Waals surface area contributed by atoms with E-state index >= 15 is 0 Å². The summed E-state index contributed by atoms with van der Waals surface area (Å²) in [7, 11) is 0. The van der Waals surface area contributed by atoms with Gasteiger partial charge >= 0.3 is 0 Å². The molecule has 2 nitrogen and oxygen atoms in total. The van der Waals surface area contributed by atoms with Crippen molar-refractivity contribution in [3.05, 3.63) is 39.6 Å². The van der Waals surface area contributed by atoms with Crippen LogP contribution in [0.4, 0.5) is 0 Å². The number of fused-ring (bicyclic) bond motifs is 1. The predicted octanol–water partition coefficient (Wildman–Crippen LogP) is 3.48. The molecule has 0 aliphatic carbocycles. The van der Waals surface area contributed by atoms with E-state index in [0.717, 1.165) is 4.88 Å². The third kappa shape index (κ3) is 1.60. The Morgan fingerprint density at radius 2 is 2.23 bits per heavy atom. The van der Waals surface area contributed by atoms with Crippen LogP contribution in [-0.2, 0) is 6.54 Å². The molecule has 0 unspecified atom stereocenters. The molecule has 0 aliphatic rings. The first-order valence-electron chi connectivity index (χ1n) is 4.08. The van der Waals surface area contributed by atoms with Gasteiger partial charge in [-0.25, -0.2) is 0 Å². The topological polar surface area (TPSA) is 29.4 Å². The van der Waals surface area contributed by atoms with Crippen LogP contribution < -0.4 is 0 Å². The van der Waals surface area contributed by atoms with Crippen molar-refractivity contribution in [2.75, 3.05) is 0 Å². The molecule has 0 saturated heterocycles. The van der Waals surface area contributed by atoms with Gasteiger partial charge in [0.15, 0.2) is 0 Å².